The standard InChI is InChI=1S/C23H35N3O4/c1-5-6-15-26-20(27)12-11-18(21(26)17-9-7-8-10-19(17)30-4)23(29)25-14-13-24-22(28)16(2)3/h7-10,16,18,21H,5-6,11-15H2,1-4H3,(H,24,28)(H,25,29). The molecule has 1 heterocycles. The third kappa shape index (κ3) is 5.97. The van der Waals surface area contributed by atoms with Gasteiger partial charge in [0.15, 0.2) is 0 Å². The van der Waals surface area contributed by atoms with Gasteiger partial charge in [-0.3, -0.25) is 14.4 Å². The summed E-state index contributed by atoms with van der Waals surface area (Å²) in [5.41, 5.74) is 0.859. The van der Waals surface area contributed by atoms with Crippen molar-refractivity contribution in [2.24, 2.45) is 11.8 Å². The van der Waals surface area contributed by atoms with Gasteiger partial charge in [0.2, 0.25) is 17.7 Å². The summed E-state index contributed by atoms with van der Waals surface area (Å²) < 4.78 is 5.54. The number of rotatable bonds is 10. The molecule has 2 rings (SSSR count). The van der Waals surface area contributed by atoms with Crippen molar-refractivity contribution in [1.82, 2.24) is 15.5 Å². The van der Waals surface area contributed by atoms with E-state index >= 15 is 0 Å². The summed E-state index contributed by atoms with van der Waals surface area (Å²) in [6.07, 6.45) is 2.70. The molecule has 0 aliphatic carbocycles. The number of unbranched alkanes of at least 4 members (excludes halogenated alkanes) is 1. The van der Waals surface area contributed by atoms with Gasteiger partial charge in [-0.05, 0) is 18.9 Å². The zero-order valence-corrected chi connectivity index (χ0v) is 18.6. The van der Waals surface area contributed by atoms with Crippen LogP contribution in [0.15, 0.2) is 24.3 Å². The number of amides is 3. The number of likely N-dealkylation sites (tertiary alicyclic amines) is 1. The average Bonchev–Trinajstić information content (AvgIpc) is 2.75. The van der Waals surface area contributed by atoms with Crippen LogP contribution in [-0.2, 0) is 14.4 Å². The van der Waals surface area contributed by atoms with E-state index in [1.165, 1.54) is 0 Å². The molecule has 0 bridgehead atoms. The monoisotopic (exact) mass is 417 g/mol. The number of hydrogen-bond acceptors (Lipinski definition) is 4. The van der Waals surface area contributed by atoms with Crippen molar-refractivity contribution >= 4 is 17.7 Å². The number of hydrogen-bond donors (Lipinski definition) is 2. The maximum Gasteiger partial charge on any atom is 0.225 e. The smallest absolute Gasteiger partial charge is 0.225 e. The van der Waals surface area contributed by atoms with E-state index in [4.69, 9.17) is 4.74 Å². The molecule has 1 aromatic carbocycles. The maximum absolute atomic E-state index is 13.1. The van der Waals surface area contributed by atoms with Crippen LogP contribution in [0.2, 0.25) is 0 Å². The molecule has 0 aromatic heterocycles. The normalized spacial score (nSPS) is 19.0. The highest BCUT2D eigenvalue weighted by Crippen LogP contribution is 2.40. The number of piperidine rings is 1. The second-order valence-corrected chi connectivity index (χ2v) is 8.01. The fraction of sp³-hybridized carbons (Fsp3) is 0.609. The van der Waals surface area contributed by atoms with Gasteiger partial charge in [-0.1, -0.05) is 45.4 Å². The van der Waals surface area contributed by atoms with E-state index in [1.54, 1.807) is 7.11 Å². The lowest BCUT2D eigenvalue weighted by Gasteiger charge is -2.41. The van der Waals surface area contributed by atoms with Crippen LogP contribution in [0, 0.1) is 11.8 Å². The first-order chi connectivity index (χ1) is 14.4. The van der Waals surface area contributed by atoms with Gasteiger partial charge in [0.25, 0.3) is 0 Å². The Balaban J connectivity index is 2.19. The van der Waals surface area contributed by atoms with Crippen LogP contribution in [0.25, 0.3) is 0 Å². The maximum atomic E-state index is 13.1. The van der Waals surface area contributed by atoms with Crippen LogP contribution < -0.4 is 15.4 Å². The topological polar surface area (TPSA) is 87.7 Å². The van der Waals surface area contributed by atoms with Gasteiger partial charge in [-0.25, -0.2) is 0 Å². The van der Waals surface area contributed by atoms with Gasteiger partial charge in [-0.2, -0.15) is 0 Å². The molecule has 0 radical (unpaired) electrons. The van der Waals surface area contributed by atoms with E-state index in [-0.39, 0.29) is 35.6 Å². The highest BCUT2D eigenvalue weighted by Gasteiger charge is 2.41. The van der Waals surface area contributed by atoms with Crippen molar-refractivity contribution in [3.63, 3.8) is 0 Å². The predicted molar refractivity (Wildman–Crippen MR) is 116 cm³/mol. The van der Waals surface area contributed by atoms with E-state index in [0.717, 1.165) is 18.4 Å². The zero-order valence-electron chi connectivity index (χ0n) is 18.6. The van der Waals surface area contributed by atoms with Crippen molar-refractivity contribution in [3.05, 3.63) is 29.8 Å². The second kappa shape index (κ2) is 11.6. The number of para-hydroxylation sites is 1. The number of methoxy groups -OCH3 is 1. The van der Waals surface area contributed by atoms with Crippen molar-refractivity contribution < 1.29 is 19.1 Å². The molecule has 1 aromatic rings. The third-order valence-electron chi connectivity index (χ3n) is 5.50. The Bertz CT molecular complexity index is 735. The Hall–Kier alpha value is -2.57. The van der Waals surface area contributed by atoms with Crippen molar-refractivity contribution in [2.45, 2.75) is 52.5 Å². The van der Waals surface area contributed by atoms with Crippen LogP contribution >= 0.6 is 0 Å². The van der Waals surface area contributed by atoms with Crippen LogP contribution in [0.1, 0.15) is 58.1 Å². The molecular formula is C23H35N3O4. The number of carbonyl (C=O) groups excluding carboxylic acids is 3. The third-order valence-corrected chi connectivity index (χ3v) is 5.50. The van der Waals surface area contributed by atoms with Crippen molar-refractivity contribution in [1.29, 1.82) is 0 Å². The van der Waals surface area contributed by atoms with E-state index in [1.807, 2.05) is 43.0 Å². The molecule has 0 saturated carbocycles. The molecule has 166 valence electrons. The zero-order chi connectivity index (χ0) is 22.1. The number of nitrogens with zero attached hydrogens (tertiary/aromatic N) is 1. The summed E-state index contributed by atoms with van der Waals surface area (Å²) in [6.45, 7) is 7.10. The lowest BCUT2D eigenvalue weighted by atomic mass is 9.83. The van der Waals surface area contributed by atoms with Gasteiger partial charge >= 0.3 is 0 Å². The van der Waals surface area contributed by atoms with Crippen LogP contribution in [0.3, 0.4) is 0 Å². The molecule has 30 heavy (non-hydrogen) atoms. The minimum absolute atomic E-state index is 0.0369. The highest BCUT2D eigenvalue weighted by atomic mass is 16.5. The molecule has 3 amide bonds. The molecule has 7 nitrogen and oxygen atoms in total. The van der Waals surface area contributed by atoms with Gasteiger partial charge in [0.05, 0.1) is 19.1 Å². The summed E-state index contributed by atoms with van der Waals surface area (Å²) in [6, 6.07) is 7.23. The van der Waals surface area contributed by atoms with Gasteiger partial charge in [0, 0.05) is 37.5 Å². The van der Waals surface area contributed by atoms with E-state index in [9.17, 15) is 14.4 Å². The Morgan fingerprint density at radius 3 is 2.57 bits per heavy atom. The fourth-order valence-electron chi connectivity index (χ4n) is 3.82. The molecule has 0 spiro atoms. The molecule has 7 heteroatoms. The first-order valence-electron chi connectivity index (χ1n) is 10.9. The van der Waals surface area contributed by atoms with E-state index in [2.05, 4.69) is 17.6 Å². The lowest BCUT2D eigenvalue weighted by Crippen LogP contribution is -2.49. The van der Waals surface area contributed by atoms with Gasteiger partial charge in [0.1, 0.15) is 5.75 Å². The van der Waals surface area contributed by atoms with Gasteiger partial charge < -0.3 is 20.3 Å². The second-order valence-electron chi connectivity index (χ2n) is 8.01. The van der Waals surface area contributed by atoms with Crippen LogP contribution in [0.4, 0.5) is 0 Å². The first-order valence-corrected chi connectivity index (χ1v) is 10.9. The number of ether oxygens (including phenoxy) is 1. The number of nitrogens with one attached hydrogen (secondary N) is 2. The van der Waals surface area contributed by atoms with Crippen LogP contribution in [0.5, 0.6) is 5.75 Å². The average molecular weight is 418 g/mol. The quantitative estimate of drug-likeness (QED) is 0.573. The molecule has 2 unspecified atom stereocenters. The largest absolute Gasteiger partial charge is 0.496 e. The fourth-order valence-corrected chi connectivity index (χ4v) is 3.82. The minimum atomic E-state index is -0.364. The van der Waals surface area contributed by atoms with Crippen molar-refractivity contribution in [2.75, 3.05) is 26.7 Å². The van der Waals surface area contributed by atoms with Crippen molar-refractivity contribution in [3.8, 4) is 5.75 Å². The van der Waals surface area contributed by atoms with E-state index in [0.29, 0.717) is 38.2 Å². The molecule has 1 aliphatic heterocycles. The highest BCUT2D eigenvalue weighted by molar-refractivity contribution is 5.85. The Kier molecular flexibility index (Phi) is 9.15. The molecule has 1 fully saturated rings. The minimum Gasteiger partial charge on any atom is -0.496 e. The summed E-state index contributed by atoms with van der Waals surface area (Å²) >= 11 is 0. The van der Waals surface area contributed by atoms with Crippen LogP contribution in [-0.4, -0.2) is 49.4 Å². The Labute approximate surface area is 179 Å². The summed E-state index contributed by atoms with van der Waals surface area (Å²) in [5, 5.41) is 5.75. The molecule has 2 N–H and O–H groups in total. The Morgan fingerprint density at radius 2 is 1.90 bits per heavy atom. The molecule has 2 atom stereocenters. The lowest BCUT2D eigenvalue weighted by molar-refractivity contribution is -0.143. The molecule has 1 saturated heterocycles. The predicted octanol–water partition coefficient (Wildman–Crippen LogP) is 2.66. The summed E-state index contributed by atoms with van der Waals surface area (Å²) in [7, 11) is 1.60. The Morgan fingerprint density at radius 1 is 1.20 bits per heavy atom. The van der Waals surface area contributed by atoms with E-state index < -0.39 is 0 Å². The molecular weight excluding hydrogens is 382 g/mol. The summed E-state index contributed by atoms with van der Waals surface area (Å²) in [4.78, 5) is 39.4. The number of carbonyl (C=O) groups is 3. The van der Waals surface area contributed by atoms with Gasteiger partial charge in [-0.15, -0.1) is 0 Å². The first kappa shape index (κ1) is 23.7. The summed E-state index contributed by atoms with van der Waals surface area (Å²) in [5.74, 6) is 0.168. The number of benzene rings is 1. The molecule has 1 aliphatic rings. The SMILES string of the molecule is CCCCN1C(=O)CCC(C(=O)NCCNC(=O)C(C)C)C1c1ccccc1OC.